The highest BCUT2D eigenvalue weighted by Gasteiger charge is 2.33. The van der Waals surface area contributed by atoms with Crippen molar-refractivity contribution in [1.29, 1.82) is 0 Å². The summed E-state index contributed by atoms with van der Waals surface area (Å²) in [5.74, 6) is 0.907. The Morgan fingerprint density at radius 2 is 1.83 bits per heavy atom. The monoisotopic (exact) mass is 490 g/mol. The van der Waals surface area contributed by atoms with Gasteiger partial charge in [0.25, 0.3) is 5.56 Å². The smallest absolute Gasteiger partial charge is 0.338 e. The molecule has 2 heterocycles. The van der Waals surface area contributed by atoms with Crippen molar-refractivity contribution in [1.82, 2.24) is 4.57 Å². The highest BCUT2D eigenvalue weighted by molar-refractivity contribution is 7.07. The molecule has 3 aromatic rings. The molecule has 180 valence electrons. The van der Waals surface area contributed by atoms with Crippen LogP contribution >= 0.6 is 11.3 Å². The average molecular weight is 491 g/mol. The Morgan fingerprint density at radius 3 is 2.46 bits per heavy atom. The molecule has 0 aliphatic carbocycles. The first kappa shape index (κ1) is 24.2. The highest BCUT2D eigenvalue weighted by Crippen LogP contribution is 2.31. The van der Waals surface area contributed by atoms with E-state index in [9.17, 15) is 9.59 Å². The van der Waals surface area contributed by atoms with E-state index < -0.39 is 12.0 Å². The van der Waals surface area contributed by atoms with Crippen LogP contribution in [0.2, 0.25) is 0 Å². The fourth-order valence-electron chi connectivity index (χ4n) is 3.87. The molecule has 35 heavy (non-hydrogen) atoms. The molecule has 0 amide bonds. The lowest BCUT2D eigenvalue weighted by Crippen LogP contribution is -2.39. The first-order valence-corrected chi connectivity index (χ1v) is 12.0. The Bertz CT molecular complexity index is 1450. The van der Waals surface area contributed by atoms with Crippen LogP contribution in [-0.4, -0.2) is 30.9 Å². The quantitative estimate of drug-likeness (QED) is 0.357. The van der Waals surface area contributed by atoms with E-state index in [4.69, 9.17) is 14.2 Å². The van der Waals surface area contributed by atoms with E-state index in [1.807, 2.05) is 49.4 Å². The van der Waals surface area contributed by atoms with E-state index in [2.05, 4.69) is 11.6 Å². The van der Waals surface area contributed by atoms with Gasteiger partial charge in [-0.2, -0.15) is 0 Å². The summed E-state index contributed by atoms with van der Waals surface area (Å²) in [5.41, 5.74) is 2.20. The number of fused-ring (bicyclic) bond motifs is 1. The van der Waals surface area contributed by atoms with Crippen LogP contribution in [0.4, 0.5) is 0 Å². The van der Waals surface area contributed by atoms with Gasteiger partial charge in [-0.05, 0) is 55.3 Å². The number of esters is 1. The summed E-state index contributed by atoms with van der Waals surface area (Å²) in [6.45, 7) is 7.93. The minimum Gasteiger partial charge on any atom is -0.497 e. The van der Waals surface area contributed by atoms with Gasteiger partial charge in [-0.3, -0.25) is 9.36 Å². The van der Waals surface area contributed by atoms with Crippen LogP contribution < -0.4 is 24.4 Å². The fraction of sp³-hybridized carbons (Fsp3) is 0.222. The minimum absolute atomic E-state index is 0.0626. The largest absolute Gasteiger partial charge is 0.497 e. The van der Waals surface area contributed by atoms with Crippen molar-refractivity contribution in [2.24, 2.45) is 4.99 Å². The molecule has 1 aliphatic rings. The maximum absolute atomic E-state index is 13.6. The summed E-state index contributed by atoms with van der Waals surface area (Å²) >= 11 is 1.28. The molecular formula is C27H26N2O5S. The number of nitrogens with zero attached hydrogens (tertiary/aromatic N) is 2. The van der Waals surface area contributed by atoms with E-state index in [0.717, 1.165) is 16.9 Å². The molecule has 0 fully saturated rings. The Hall–Kier alpha value is -3.91. The molecule has 8 heteroatoms. The van der Waals surface area contributed by atoms with Crippen molar-refractivity contribution >= 4 is 23.4 Å². The van der Waals surface area contributed by atoms with Crippen LogP contribution in [0.5, 0.6) is 11.5 Å². The molecule has 0 saturated carbocycles. The zero-order valence-corrected chi connectivity index (χ0v) is 20.6. The van der Waals surface area contributed by atoms with Crippen molar-refractivity contribution in [3.63, 3.8) is 0 Å². The van der Waals surface area contributed by atoms with Gasteiger partial charge in [0.05, 0.1) is 35.6 Å². The molecule has 0 bridgehead atoms. The number of benzene rings is 2. The van der Waals surface area contributed by atoms with Crippen molar-refractivity contribution in [3.8, 4) is 11.5 Å². The highest BCUT2D eigenvalue weighted by atomic mass is 32.1. The summed E-state index contributed by atoms with van der Waals surface area (Å²) in [6, 6.07) is 14.1. The Kier molecular flexibility index (Phi) is 7.31. The first-order chi connectivity index (χ1) is 17.0. The molecule has 0 radical (unpaired) electrons. The van der Waals surface area contributed by atoms with E-state index in [-0.39, 0.29) is 12.2 Å². The van der Waals surface area contributed by atoms with Gasteiger partial charge in [0.1, 0.15) is 18.1 Å². The summed E-state index contributed by atoms with van der Waals surface area (Å²) in [5, 5.41) is 0. The second-order valence-electron chi connectivity index (χ2n) is 7.74. The second-order valence-corrected chi connectivity index (χ2v) is 8.75. The number of methoxy groups -OCH3 is 1. The number of ether oxygens (including phenoxy) is 3. The van der Waals surface area contributed by atoms with E-state index in [0.29, 0.717) is 33.0 Å². The van der Waals surface area contributed by atoms with E-state index >= 15 is 0 Å². The predicted molar refractivity (Wildman–Crippen MR) is 136 cm³/mol. The number of carbonyl (C=O) groups is 1. The number of rotatable bonds is 8. The van der Waals surface area contributed by atoms with Gasteiger partial charge >= 0.3 is 5.97 Å². The maximum Gasteiger partial charge on any atom is 0.338 e. The fourth-order valence-corrected chi connectivity index (χ4v) is 4.92. The second kappa shape index (κ2) is 10.6. The van der Waals surface area contributed by atoms with Crippen LogP contribution in [0.3, 0.4) is 0 Å². The molecular weight excluding hydrogens is 464 g/mol. The Labute approximate surface area is 206 Å². The normalized spacial score (nSPS) is 15.3. The first-order valence-electron chi connectivity index (χ1n) is 11.1. The van der Waals surface area contributed by atoms with Crippen molar-refractivity contribution in [2.75, 3.05) is 20.3 Å². The van der Waals surface area contributed by atoms with Crippen LogP contribution in [-0.2, 0) is 9.53 Å². The van der Waals surface area contributed by atoms with Gasteiger partial charge in [-0.15, -0.1) is 0 Å². The van der Waals surface area contributed by atoms with Crippen LogP contribution in [0.1, 0.15) is 31.0 Å². The Balaban J connectivity index is 1.86. The number of thiazole rings is 1. The van der Waals surface area contributed by atoms with Gasteiger partial charge in [0.2, 0.25) is 0 Å². The number of hydrogen-bond donors (Lipinski definition) is 0. The van der Waals surface area contributed by atoms with E-state index in [1.165, 1.54) is 17.4 Å². The Morgan fingerprint density at radius 1 is 1.14 bits per heavy atom. The lowest BCUT2D eigenvalue weighted by molar-refractivity contribution is -0.138. The lowest BCUT2D eigenvalue weighted by atomic mass is 9.96. The van der Waals surface area contributed by atoms with Crippen molar-refractivity contribution in [3.05, 3.63) is 103 Å². The summed E-state index contributed by atoms with van der Waals surface area (Å²) in [4.78, 5) is 31.8. The number of allylic oxidation sites excluding steroid dienone is 1. The van der Waals surface area contributed by atoms with Gasteiger partial charge in [-0.25, -0.2) is 9.79 Å². The van der Waals surface area contributed by atoms with Crippen molar-refractivity contribution < 1.29 is 19.0 Å². The van der Waals surface area contributed by atoms with Crippen LogP contribution in [0.25, 0.3) is 6.08 Å². The number of hydrogen-bond acceptors (Lipinski definition) is 7. The summed E-state index contributed by atoms with van der Waals surface area (Å²) in [6.07, 6.45) is 3.32. The summed E-state index contributed by atoms with van der Waals surface area (Å²) < 4.78 is 18.2. The molecule has 2 aromatic carbocycles. The maximum atomic E-state index is 13.6. The molecule has 4 rings (SSSR count). The summed E-state index contributed by atoms with van der Waals surface area (Å²) in [7, 11) is 1.58. The molecule has 0 unspecified atom stereocenters. The minimum atomic E-state index is -0.683. The van der Waals surface area contributed by atoms with Crippen LogP contribution in [0.15, 0.2) is 82.2 Å². The molecule has 7 nitrogen and oxygen atoms in total. The van der Waals surface area contributed by atoms with Gasteiger partial charge in [0, 0.05) is 0 Å². The number of aromatic nitrogens is 1. The third-order valence-corrected chi connectivity index (χ3v) is 6.48. The van der Waals surface area contributed by atoms with Gasteiger partial charge in [-0.1, -0.05) is 48.3 Å². The van der Waals surface area contributed by atoms with Crippen molar-refractivity contribution in [2.45, 2.75) is 19.9 Å². The van der Waals surface area contributed by atoms with Gasteiger partial charge < -0.3 is 14.2 Å². The van der Waals surface area contributed by atoms with Gasteiger partial charge in [0.15, 0.2) is 4.80 Å². The molecule has 0 saturated heterocycles. The zero-order valence-electron chi connectivity index (χ0n) is 19.8. The third-order valence-electron chi connectivity index (χ3n) is 5.49. The average Bonchev–Trinajstić information content (AvgIpc) is 3.17. The van der Waals surface area contributed by atoms with Crippen LogP contribution in [0, 0.1) is 0 Å². The molecule has 1 aliphatic heterocycles. The van der Waals surface area contributed by atoms with E-state index in [1.54, 1.807) is 30.7 Å². The molecule has 0 N–H and O–H groups in total. The zero-order chi connectivity index (χ0) is 24.9. The standard InChI is InChI=1S/C27H26N2O5S/c1-5-15-34-26(31)23-17(3)28-27-29(24(23)19-9-13-20(32-4)14-10-19)25(30)22(35-27)16-18-7-11-21(12-8-18)33-6-2/h5,7-14,16,24H,1,6,15H2,2-4H3/b22-16+/t24-/m1/s1. The third kappa shape index (κ3) is 4.97. The predicted octanol–water partition coefficient (Wildman–Crippen LogP) is 3.37. The molecule has 1 atom stereocenters. The number of carbonyl (C=O) groups excluding carboxylic acids is 1. The molecule has 1 aromatic heterocycles. The lowest BCUT2D eigenvalue weighted by Gasteiger charge is -2.24. The molecule has 0 spiro atoms. The SMILES string of the molecule is C=CCOC(=O)C1=C(C)N=c2s/c(=C/c3ccc(OCC)cc3)c(=O)n2[C@@H]1c1ccc(OC)cc1. The topological polar surface area (TPSA) is 79.1 Å².